The molecule has 0 aromatic heterocycles. The number of hydrogen-bond donors (Lipinski definition) is 1. The van der Waals surface area contributed by atoms with Gasteiger partial charge in [-0.15, -0.1) is 0 Å². The van der Waals surface area contributed by atoms with Crippen molar-refractivity contribution in [1.29, 1.82) is 0 Å². The van der Waals surface area contributed by atoms with Gasteiger partial charge in [0.15, 0.2) is 0 Å². The molecule has 1 unspecified atom stereocenters. The molecule has 0 amide bonds. The Morgan fingerprint density at radius 3 is 2.17 bits per heavy atom. The van der Waals surface area contributed by atoms with Gasteiger partial charge in [0.1, 0.15) is 25.5 Å². The van der Waals surface area contributed by atoms with Crippen LogP contribution in [-0.2, 0) is 24.5 Å². The summed E-state index contributed by atoms with van der Waals surface area (Å²) in [5, 5.41) is 0. The average molecular weight is 299 g/mol. The molecule has 6 nitrogen and oxygen atoms in total. The second-order valence-electron chi connectivity index (χ2n) is 4.33. The molecule has 1 atom stereocenters. The number of carbonyl (C=O) groups excluding carboxylic acids is 1. The molecule has 0 rings (SSSR count). The van der Waals surface area contributed by atoms with Gasteiger partial charge in [-0.2, -0.15) is 0 Å². The van der Waals surface area contributed by atoms with Gasteiger partial charge in [-0.3, -0.25) is 4.79 Å². The van der Waals surface area contributed by atoms with Crippen molar-refractivity contribution in [2.24, 2.45) is 5.73 Å². The van der Waals surface area contributed by atoms with E-state index < -0.39 is 25.7 Å². The maximum atomic E-state index is 11.5. The van der Waals surface area contributed by atoms with E-state index in [4.69, 9.17) is 5.73 Å². The fourth-order valence-electron chi connectivity index (χ4n) is 1.30. The normalized spacial score (nSPS) is 14.4. The molecule has 8 heteroatoms. The van der Waals surface area contributed by atoms with Crippen molar-refractivity contribution in [3.8, 4) is 0 Å². The fourth-order valence-corrected chi connectivity index (χ4v) is 2.85. The molecular weight excluding hydrogens is 278 g/mol. The molecular formula is C10H21NO5S2. The van der Waals surface area contributed by atoms with E-state index in [1.54, 1.807) is 6.92 Å². The highest BCUT2D eigenvalue weighted by atomic mass is 32.2. The van der Waals surface area contributed by atoms with Gasteiger partial charge >= 0.3 is 0 Å². The van der Waals surface area contributed by atoms with Gasteiger partial charge in [-0.1, -0.05) is 6.92 Å². The largest absolute Gasteiger partial charge is 0.321 e. The van der Waals surface area contributed by atoms with Crippen LogP contribution < -0.4 is 5.73 Å². The fraction of sp³-hybridized carbons (Fsp3) is 0.900. The molecule has 0 saturated heterocycles. The van der Waals surface area contributed by atoms with Gasteiger partial charge in [0.25, 0.3) is 0 Å². The Bertz CT molecular complexity index is 466. The van der Waals surface area contributed by atoms with Gasteiger partial charge in [0.2, 0.25) is 0 Å². The van der Waals surface area contributed by atoms with E-state index in [1.807, 2.05) is 0 Å². The smallest absolute Gasteiger partial charge is 0.150 e. The van der Waals surface area contributed by atoms with E-state index in [9.17, 15) is 21.6 Å². The molecule has 0 spiro atoms. The molecule has 18 heavy (non-hydrogen) atoms. The van der Waals surface area contributed by atoms with Crippen LogP contribution in [0.25, 0.3) is 0 Å². The monoisotopic (exact) mass is 299 g/mol. The number of sulfone groups is 2. The molecule has 0 fully saturated rings. The molecule has 0 aromatic carbocycles. The van der Waals surface area contributed by atoms with Crippen molar-refractivity contribution in [3.63, 3.8) is 0 Å². The van der Waals surface area contributed by atoms with Gasteiger partial charge in [-0.25, -0.2) is 16.8 Å². The Labute approximate surface area is 109 Å². The predicted molar refractivity (Wildman–Crippen MR) is 70.9 cm³/mol. The summed E-state index contributed by atoms with van der Waals surface area (Å²) in [4.78, 5) is 11.5. The SMILES string of the molecule is CCS(=O)(=O)CCCC(=O)C(N)CCS(C)(=O)=O. The number of hydrogen-bond acceptors (Lipinski definition) is 6. The van der Waals surface area contributed by atoms with Crippen molar-refractivity contribution in [1.82, 2.24) is 0 Å². The van der Waals surface area contributed by atoms with Crippen molar-refractivity contribution in [2.75, 3.05) is 23.5 Å². The second kappa shape index (κ2) is 7.20. The zero-order valence-electron chi connectivity index (χ0n) is 10.8. The summed E-state index contributed by atoms with van der Waals surface area (Å²) >= 11 is 0. The summed E-state index contributed by atoms with van der Waals surface area (Å²) in [6.07, 6.45) is 1.47. The Morgan fingerprint density at radius 1 is 1.17 bits per heavy atom. The molecule has 0 aromatic rings. The van der Waals surface area contributed by atoms with Crippen molar-refractivity contribution < 1.29 is 21.6 Å². The summed E-state index contributed by atoms with van der Waals surface area (Å²) in [6, 6.07) is -0.830. The van der Waals surface area contributed by atoms with Crippen LogP contribution in [0.5, 0.6) is 0 Å². The third-order valence-electron chi connectivity index (χ3n) is 2.53. The predicted octanol–water partition coefficient (Wildman–Crippen LogP) is -0.468. The Balaban J connectivity index is 4.03. The summed E-state index contributed by atoms with van der Waals surface area (Å²) in [5.41, 5.74) is 5.54. The van der Waals surface area contributed by atoms with Crippen LogP contribution in [0.2, 0.25) is 0 Å². The minimum absolute atomic E-state index is 0.0337. The summed E-state index contributed by atoms with van der Waals surface area (Å²) in [7, 11) is -6.19. The molecule has 0 aliphatic carbocycles. The zero-order chi connectivity index (χ0) is 14.4. The van der Waals surface area contributed by atoms with Crippen LogP contribution in [0, 0.1) is 0 Å². The lowest BCUT2D eigenvalue weighted by atomic mass is 10.1. The Hall–Kier alpha value is -0.470. The number of carbonyl (C=O) groups is 1. The first-order valence-electron chi connectivity index (χ1n) is 5.74. The number of rotatable bonds is 9. The first-order valence-corrected chi connectivity index (χ1v) is 9.62. The number of ketones is 1. The van der Waals surface area contributed by atoms with Gasteiger partial charge in [0, 0.05) is 18.4 Å². The lowest BCUT2D eigenvalue weighted by molar-refractivity contribution is -0.120. The van der Waals surface area contributed by atoms with Crippen LogP contribution in [0.4, 0.5) is 0 Å². The van der Waals surface area contributed by atoms with Gasteiger partial charge in [0.05, 0.1) is 17.5 Å². The third kappa shape index (κ3) is 8.60. The molecule has 2 N–H and O–H groups in total. The molecule has 0 aliphatic heterocycles. The van der Waals surface area contributed by atoms with E-state index in [0.717, 1.165) is 6.26 Å². The standard InChI is InChI=1S/C10H21NO5S2/c1-3-18(15,16)7-4-5-10(12)9(11)6-8-17(2,13)14/h9H,3-8,11H2,1-2H3. The molecule has 0 heterocycles. The lowest BCUT2D eigenvalue weighted by Gasteiger charge is -2.09. The quantitative estimate of drug-likeness (QED) is 0.616. The number of nitrogens with two attached hydrogens (primary N) is 1. The summed E-state index contributed by atoms with van der Waals surface area (Å²) in [6.45, 7) is 1.55. The van der Waals surface area contributed by atoms with Gasteiger partial charge < -0.3 is 5.73 Å². The van der Waals surface area contributed by atoms with E-state index in [-0.39, 0.29) is 42.3 Å². The molecule has 108 valence electrons. The zero-order valence-corrected chi connectivity index (χ0v) is 12.4. The van der Waals surface area contributed by atoms with Crippen LogP contribution in [-0.4, -0.2) is 52.2 Å². The topological polar surface area (TPSA) is 111 Å². The molecule has 0 radical (unpaired) electrons. The highest BCUT2D eigenvalue weighted by Crippen LogP contribution is 2.03. The molecule has 0 bridgehead atoms. The van der Waals surface area contributed by atoms with Crippen molar-refractivity contribution in [2.45, 2.75) is 32.2 Å². The molecule has 0 saturated carbocycles. The highest BCUT2D eigenvalue weighted by Gasteiger charge is 2.16. The lowest BCUT2D eigenvalue weighted by Crippen LogP contribution is -2.32. The summed E-state index contributed by atoms with van der Waals surface area (Å²) in [5.74, 6) is -0.396. The van der Waals surface area contributed by atoms with Crippen LogP contribution in [0.15, 0.2) is 0 Å². The van der Waals surface area contributed by atoms with Crippen LogP contribution in [0.3, 0.4) is 0 Å². The Morgan fingerprint density at radius 2 is 1.72 bits per heavy atom. The van der Waals surface area contributed by atoms with Crippen LogP contribution in [0.1, 0.15) is 26.2 Å². The van der Waals surface area contributed by atoms with E-state index >= 15 is 0 Å². The highest BCUT2D eigenvalue weighted by molar-refractivity contribution is 7.91. The first kappa shape index (κ1) is 17.5. The summed E-state index contributed by atoms with van der Waals surface area (Å²) < 4.78 is 44.2. The second-order valence-corrected chi connectivity index (χ2v) is 9.06. The number of Topliss-reactive ketones (excluding diaryl/α,β-unsaturated/α-hetero) is 1. The maximum absolute atomic E-state index is 11.5. The van der Waals surface area contributed by atoms with Gasteiger partial charge in [-0.05, 0) is 12.8 Å². The minimum atomic E-state index is -3.13. The van der Waals surface area contributed by atoms with Crippen molar-refractivity contribution >= 4 is 25.5 Å². The third-order valence-corrected chi connectivity index (χ3v) is 5.30. The van der Waals surface area contributed by atoms with E-state index in [2.05, 4.69) is 0 Å². The van der Waals surface area contributed by atoms with Crippen LogP contribution >= 0.6 is 0 Å². The average Bonchev–Trinajstić information content (AvgIpc) is 2.24. The Kier molecular flexibility index (Phi) is 7.01. The van der Waals surface area contributed by atoms with Crippen molar-refractivity contribution in [3.05, 3.63) is 0 Å². The molecule has 0 aliphatic rings. The van der Waals surface area contributed by atoms with E-state index in [1.165, 1.54) is 0 Å². The first-order chi connectivity index (χ1) is 8.07. The van der Waals surface area contributed by atoms with E-state index in [0.29, 0.717) is 0 Å². The maximum Gasteiger partial charge on any atom is 0.150 e. The minimum Gasteiger partial charge on any atom is -0.321 e.